The predicted molar refractivity (Wildman–Crippen MR) is 180 cm³/mol. The number of carbonyl (C=O) groups excluding carboxylic acids is 2. The number of phenols is 1. The molecule has 1 fully saturated rings. The van der Waals surface area contributed by atoms with E-state index in [0.717, 1.165) is 33.4 Å². The van der Waals surface area contributed by atoms with E-state index in [1.54, 1.807) is 7.11 Å². The SMILES string of the molecule is COc1c(C)cc2c(c1O)[C@H]1C3Cc4c(OC(C)=O)c(C)c5c(c4[C@H](CNCC(=O)CCc4ccccc4)N3[C@@H](C#N)[C@H](C2)N1C)OCO5. The molecular weight excluding hydrogens is 624 g/mol. The summed E-state index contributed by atoms with van der Waals surface area (Å²) in [5.74, 6) is 1.68. The van der Waals surface area contributed by atoms with Crippen molar-refractivity contribution in [2.45, 2.75) is 76.7 Å². The molecule has 3 aromatic carbocycles. The number of hydrogen-bond acceptors (Lipinski definition) is 11. The normalized spacial score (nSPS) is 23.6. The van der Waals surface area contributed by atoms with E-state index in [4.69, 9.17) is 18.9 Å². The molecule has 11 nitrogen and oxygen atoms in total. The van der Waals surface area contributed by atoms with Crippen molar-refractivity contribution in [3.05, 3.63) is 75.3 Å². The molecule has 7 rings (SSSR count). The molecule has 1 unspecified atom stereocenters. The second-order valence-electron chi connectivity index (χ2n) is 13.5. The Balaban J connectivity index is 1.33. The monoisotopic (exact) mass is 666 g/mol. The number of carbonyl (C=O) groups is 2. The van der Waals surface area contributed by atoms with Gasteiger partial charge in [-0.2, -0.15) is 5.26 Å². The molecule has 256 valence electrons. The standard InChI is InChI=1S/C38H42N4O7/c1-20-13-24-14-27-29(16-39)42-28(33(41(27)4)31(24)34(45)35(20)46-5)15-26-32(38-37(47-19-48-38)21(2)36(26)49-22(3)43)30(42)18-40-17-25(44)12-11-23-9-7-6-8-10-23/h6-10,13,27-30,33,40,45H,11-12,14-15,17-19H2,1-5H3/t27-,28?,29-,30-,33+/m0/s1. The van der Waals surface area contributed by atoms with Crippen LogP contribution in [-0.2, 0) is 28.9 Å². The van der Waals surface area contributed by atoms with E-state index in [0.29, 0.717) is 60.8 Å². The molecule has 4 aliphatic heterocycles. The molecule has 2 bridgehead atoms. The van der Waals surface area contributed by atoms with Gasteiger partial charge in [0.1, 0.15) is 17.6 Å². The number of methoxy groups -OCH3 is 1. The van der Waals surface area contributed by atoms with Crippen molar-refractivity contribution in [1.29, 1.82) is 5.26 Å². The Morgan fingerprint density at radius 2 is 1.84 bits per heavy atom. The molecule has 2 N–H and O–H groups in total. The lowest BCUT2D eigenvalue weighted by Crippen LogP contribution is -2.68. The molecule has 5 atom stereocenters. The van der Waals surface area contributed by atoms with Gasteiger partial charge in [-0.1, -0.05) is 36.4 Å². The average Bonchev–Trinajstić information content (AvgIpc) is 3.57. The minimum absolute atomic E-state index is 0.0176. The molecule has 0 spiro atoms. The Hall–Kier alpha value is -4.63. The van der Waals surface area contributed by atoms with Crippen molar-refractivity contribution in [2.24, 2.45) is 0 Å². The molecule has 4 aliphatic rings. The minimum Gasteiger partial charge on any atom is -0.504 e. The fourth-order valence-electron chi connectivity index (χ4n) is 8.68. The average molecular weight is 667 g/mol. The fraction of sp³-hybridized carbons (Fsp3) is 0.447. The lowest BCUT2D eigenvalue weighted by molar-refractivity contribution is -0.132. The van der Waals surface area contributed by atoms with Gasteiger partial charge in [0.25, 0.3) is 0 Å². The third-order valence-electron chi connectivity index (χ3n) is 10.7. The number of likely N-dealkylation sites (N-methyl/N-ethyl adjacent to an activating group) is 1. The third kappa shape index (κ3) is 5.48. The molecule has 4 heterocycles. The number of benzene rings is 3. The maximum atomic E-state index is 13.1. The number of aromatic hydroxyl groups is 1. The number of nitriles is 1. The van der Waals surface area contributed by atoms with Crippen LogP contribution in [0.2, 0.25) is 0 Å². The van der Waals surface area contributed by atoms with E-state index >= 15 is 0 Å². The zero-order valence-electron chi connectivity index (χ0n) is 28.5. The van der Waals surface area contributed by atoms with Crippen LogP contribution in [0.3, 0.4) is 0 Å². The highest BCUT2D eigenvalue weighted by molar-refractivity contribution is 5.80. The van der Waals surface area contributed by atoms with Gasteiger partial charge < -0.3 is 29.4 Å². The Kier molecular flexibility index (Phi) is 8.73. The van der Waals surface area contributed by atoms with Crippen molar-refractivity contribution in [2.75, 3.05) is 34.0 Å². The summed E-state index contributed by atoms with van der Waals surface area (Å²) in [6, 6.07) is 12.9. The van der Waals surface area contributed by atoms with Crippen LogP contribution >= 0.6 is 0 Å². The summed E-state index contributed by atoms with van der Waals surface area (Å²) in [6.07, 6.45) is 2.04. The maximum Gasteiger partial charge on any atom is 0.308 e. The molecule has 0 aromatic heterocycles. The van der Waals surface area contributed by atoms with Crippen molar-refractivity contribution >= 4 is 11.8 Å². The van der Waals surface area contributed by atoms with E-state index in [-0.39, 0.29) is 43.0 Å². The van der Waals surface area contributed by atoms with Gasteiger partial charge in [-0.25, -0.2) is 0 Å². The van der Waals surface area contributed by atoms with Crippen LogP contribution in [-0.4, -0.2) is 78.8 Å². The molecule has 0 aliphatic carbocycles. The maximum absolute atomic E-state index is 13.1. The van der Waals surface area contributed by atoms with E-state index in [9.17, 15) is 20.0 Å². The smallest absolute Gasteiger partial charge is 0.308 e. The van der Waals surface area contributed by atoms with E-state index < -0.39 is 18.1 Å². The van der Waals surface area contributed by atoms with Crippen molar-refractivity contribution in [1.82, 2.24) is 15.1 Å². The first-order valence-corrected chi connectivity index (χ1v) is 16.8. The summed E-state index contributed by atoms with van der Waals surface area (Å²) < 4.78 is 23.7. The highest BCUT2D eigenvalue weighted by Gasteiger charge is 2.56. The van der Waals surface area contributed by atoms with Gasteiger partial charge in [0, 0.05) is 54.2 Å². The number of ether oxygens (including phenoxy) is 4. The van der Waals surface area contributed by atoms with Gasteiger partial charge >= 0.3 is 5.97 Å². The number of Topliss-reactive ketones (excluding diaryl/α,β-unsaturated/α-hetero) is 1. The van der Waals surface area contributed by atoms with Gasteiger partial charge in [0.15, 0.2) is 23.0 Å². The largest absolute Gasteiger partial charge is 0.504 e. The molecular formula is C38H42N4O7. The van der Waals surface area contributed by atoms with Gasteiger partial charge in [0.05, 0.1) is 31.8 Å². The van der Waals surface area contributed by atoms with Crippen LogP contribution in [0.4, 0.5) is 0 Å². The summed E-state index contributed by atoms with van der Waals surface area (Å²) in [4.78, 5) is 30.1. The summed E-state index contributed by atoms with van der Waals surface area (Å²) >= 11 is 0. The summed E-state index contributed by atoms with van der Waals surface area (Å²) in [7, 11) is 3.57. The van der Waals surface area contributed by atoms with Crippen LogP contribution in [0.15, 0.2) is 36.4 Å². The van der Waals surface area contributed by atoms with E-state index in [1.165, 1.54) is 6.92 Å². The second kappa shape index (κ2) is 13.0. The van der Waals surface area contributed by atoms with Crippen LogP contribution in [0.25, 0.3) is 0 Å². The Labute approximate surface area is 286 Å². The number of rotatable bonds is 9. The minimum atomic E-state index is -0.533. The Morgan fingerprint density at radius 1 is 1.08 bits per heavy atom. The number of hydrogen-bond donors (Lipinski definition) is 2. The van der Waals surface area contributed by atoms with Gasteiger partial charge in [-0.05, 0) is 56.8 Å². The van der Waals surface area contributed by atoms with Crippen LogP contribution in [0, 0.1) is 25.2 Å². The topological polar surface area (TPSA) is 134 Å². The molecule has 0 radical (unpaired) electrons. The zero-order chi connectivity index (χ0) is 34.6. The predicted octanol–water partition coefficient (Wildman–Crippen LogP) is 4.23. The van der Waals surface area contributed by atoms with Crippen molar-refractivity contribution < 1.29 is 33.6 Å². The Morgan fingerprint density at radius 3 is 2.55 bits per heavy atom. The number of nitrogens with one attached hydrogen (secondary N) is 1. The fourth-order valence-corrected chi connectivity index (χ4v) is 8.68. The number of fused-ring (bicyclic) bond motifs is 9. The highest BCUT2D eigenvalue weighted by Crippen LogP contribution is 2.58. The molecule has 1 saturated heterocycles. The van der Waals surface area contributed by atoms with Gasteiger partial charge in [0.2, 0.25) is 6.79 Å². The van der Waals surface area contributed by atoms with Gasteiger partial charge in [-0.15, -0.1) is 0 Å². The molecule has 3 aromatic rings. The zero-order valence-corrected chi connectivity index (χ0v) is 28.5. The number of phenolic OH excluding ortho intramolecular Hbond substituents is 1. The number of aryl methyl sites for hydroxylation is 2. The Bertz CT molecular complexity index is 1860. The first-order valence-electron chi connectivity index (χ1n) is 16.8. The quantitative estimate of drug-likeness (QED) is 0.251. The van der Waals surface area contributed by atoms with Crippen molar-refractivity contribution in [3.63, 3.8) is 0 Å². The van der Waals surface area contributed by atoms with E-state index in [1.807, 2.05) is 51.2 Å². The molecule has 11 heteroatoms. The number of nitrogens with zero attached hydrogens (tertiary/aromatic N) is 3. The number of ketones is 1. The summed E-state index contributed by atoms with van der Waals surface area (Å²) in [5, 5.41) is 26.0. The first kappa shape index (κ1) is 32.9. The van der Waals surface area contributed by atoms with E-state index in [2.05, 4.69) is 27.3 Å². The molecule has 49 heavy (non-hydrogen) atoms. The lowest BCUT2D eigenvalue weighted by Gasteiger charge is -2.60. The lowest BCUT2D eigenvalue weighted by atomic mass is 9.71. The summed E-state index contributed by atoms with van der Waals surface area (Å²) in [5.41, 5.74) is 5.98. The van der Waals surface area contributed by atoms with Crippen molar-refractivity contribution in [3.8, 4) is 34.8 Å². The number of esters is 1. The first-order chi connectivity index (χ1) is 23.6. The summed E-state index contributed by atoms with van der Waals surface area (Å²) in [6.45, 7) is 5.65. The number of piperazine rings is 1. The molecule has 0 saturated carbocycles. The van der Waals surface area contributed by atoms with Crippen LogP contribution in [0.5, 0.6) is 28.7 Å². The van der Waals surface area contributed by atoms with Gasteiger partial charge in [-0.3, -0.25) is 19.4 Å². The van der Waals surface area contributed by atoms with Crippen LogP contribution < -0.4 is 24.3 Å². The highest BCUT2D eigenvalue weighted by atomic mass is 16.7. The third-order valence-corrected chi connectivity index (χ3v) is 10.7. The second-order valence-corrected chi connectivity index (χ2v) is 13.5. The molecule has 0 amide bonds. The van der Waals surface area contributed by atoms with Crippen LogP contribution in [0.1, 0.15) is 64.4 Å².